The second-order valence-electron chi connectivity index (χ2n) is 3.92. The third kappa shape index (κ3) is 2.12. The molecule has 0 saturated carbocycles. The number of nitrogens with zero attached hydrogens (tertiary/aromatic N) is 2. The average molecular weight is 284 g/mol. The van der Waals surface area contributed by atoms with Crippen LogP contribution in [0.3, 0.4) is 0 Å². The summed E-state index contributed by atoms with van der Waals surface area (Å²) in [6.45, 7) is 2.17. The highest BCUT2D eigenvalue weighted by atomic mass is 35.5. The summed E-state index contributed by atoms with van der Waals surface area (Å²) < 4.78 is 6.55. The van der Waals surface area contributed by atoms with Gasteiger partial charge in [0.2, 0.25) is 5.28 Å². The maximum absolute atomic E-state index is 10.8. The van der Waals surface area contributed by atoms with E-state index in [0.29, 0.717) is 23.5 Å². The summed E-state index contributed by atoms with van der Waals surface area (Å²) in [4.78, 5) is 19.8. The summed E-state index contributed by atoms with van der Waals surface area (Å²) in [7, 11) is 0. The van der Waals surface area contributed by atoms with E-state index in [9.17, 15) is 4.79 Å². The SMILES string of the molecule is O=Cc1cc2nc(Cl)nc(C3CNCCO3)c2s1. The number of thiophene rings is 1. The van der Waals surface area contributed by atoms with Crippen molar-refractivity contribution in [2.75, 3.05) is 19.7 Å². The van der Waals surface area contributed by atoms with Gasteiger partial charge in [-0.05, 0) is 17.7 Å². The summed E-state index contributed by atoms with van der Waals surface area (Å²) in [5, 5.41) is 3.43. The van der Waals surface area contributed by atoms with E-state index in [4.69, 9.17) is 16.3 Å². The molecule has 1 atom stereocenters. The van der Waals surface area contributed by atoms with Crippen LogP contribution in [0.2, 0.25) is 5.28 Å². The van der Waals surface area contributed by atoms with Crippen LogP contribution < -0.4 is 5.32 Å². The van der Waals surface area contributed by atoms with E-state index >= 15 is 0 Å². The highest BCUT2D eigenvalue weighted by Gasteiger charge is 2.22. The van der Waals surface area contributed by atoms with Gasteiger partial charge < -0.3 is 10.1 Å². The maximum Gasteiger partial charge on any atom is 0.223 e. The van der Waals surface area contributed by atoms with Gasteiger partial charge in [-0.2, -0.15) is 0 Å². The molecule has 1 N–H and O–H groups in total. The first-order chi connectivity index (χ1) is 8.78. The number of nitrogens with one attached hydrogen (secondary N) is 1. The van der Waals surface area contributed by atoms with Crippen molar-refractivity contribution in [2.24, 2.45) is 0 Å². The van der Waals surface area contributed by atoms with Gasteiger partial charge in [-0.25, -0.2) is 9.97 Å². The van der Waals surface area contributed by atoms with Gasteiger partial charge in [0, 0.05) is 13.1 Å². The van der Waals surface area contributed by atoms with Crippen molar-refractivity contribution < 1.29 is 9.53 Å². The number of carbonyl (C=O) groups excluding carboxylic acids is 1. The smallest absolute Gasteiger partial charge is 0.223 e. The minimum atomic E-state index is -0.139. The van der Waals surface area contributed by atoms with Gasteiger partial charge in [-0.15, -0.1) is 11.3 Å². The van der Waals surface area contributed by atoms with Gasteiger partial charge in [-0.1, -0.05) is 0 Å². The van der Waals surface area contributed by atoms with E-state index in [0.717, 1.165) is 23.2 Å². The van der Waals surface area contributed by atoms with Crippen LogP contribution in [-0.2, 0) is 4.74 Å². The molecule has 0 amide bonds. The molecule has 1 fully saturated rings. The Morgan fingerprint density at radius 2 is 2.44 bits per heavy atom. The fraction of sp³-hybridized carbons (Fsp3) is 0.364. The van der Waals surface area contributed by atoms with Crippen molar-refractivity contribution in [3.05, 3.63) is 21.9 Å². The molecular formula is C11H10ClN3O2S. The van der Waals surface area contributed by atoms with E-state index in [1.165, 1.54) is 11.3 Å². The molecule has 1 aliphatic heterocycles. The van der Waals surface area contributed by atoms with Crippen LogP contribution in [0.4, 0.5) is 0 Å². The topological polar surface area (TPSA) is 64.1 Å². The van der Waals surface area contributed by atoms with Crippen molar-refractivity contribution in [1.29, 1.82) is 0 Å². The molecule has 1 aliphatic rings. The molecule has 1 unspecified atom stereocenters. The number of carbonyl (C=O) groups is 1. The summed E-state index contributed by atoms with van der Waals surface area (Å²) >= 11 is 7.28. The minimum Gasteiger partial charge on any atom is -0.369 e. The monoisotopic (exact) mass is 283 g/mol. The molecular weight excluding hydrogens is 274 g/mol. The molecule has 1 saturated heterocycles. The lowest BCUT2D eigenvalue weighted by molar-refractivity contribution is 0.0261. The maximum atomic E-state index is 10.8. The first-order valence-corrected chi connectivity index (χ1v) is 6.72. The molecule has 0 radical (unpaired) electrons. The molecule has 3 rings (SSSR count). The Kier molecular flexibility index (Phi) is 3.25. The lowest BCUT2D eigenvalue weighted by Crippen LogP contribution is -2.33. The summed E-state index contributed by atoms with van der Waals surface area (Å²) in [5.74, 6) is 0. The number of halogens is 1. The van der Waals surface area contributed by atoms with Gasteiger partial charge >= 0.3 is 0 Å². The van der Waals surface area contributed by atoms with E-state index < -0.39 is 0 Å². The van der Waals surface area contributed by atoms with E-state index in [1.54, 1.807) is 6.07 Å². The molecule has 2 aromatic heterocycles. The van der Waals surface area contributed by atoms with E-state index in [1.807, 2.05) is 0 Å². The van der Waals surface area contributed by atoms with Crippen LogP contribution in [0, 0.1) is 0 Å². The fourth-order valence-corrected chi connectivity index (χ4v) is 3.09. The fourth-order valence-electron chi connectivity index (χ4n) is 1.96. The molecule has 0 aliphatic carbocycles. The quantitative estimate of drug-likeness (QED) is 0.673. The minimum absolute atomic E-state index is 0.139. The van der Waals surface area contributed by atoms with Gasteiger partial charge in [0.25, 0.3) is 0 Å². The Bertz CT molecular complexity index is 595. The molecule has 0 bridgehead atoms. The zero-order chi connectivity index (χ0) is 12.5. The predicted molar refractivity (Wildman–Crippen MR) is 69.4 cm³/mol. The molecule has 2 aromatic rings. The van der Waals surface area contributed by atoms with Gasteiger partial charge in [-0.3, -0.25) is 4.79 Å². The average Bonchev–Trinajstić information content (AvgIpc) is 2.81. The second-order valence-corrected chi connectivity index (χ2v) is 5.34. The van der Waals surface area contributed by atoms with Gasteiger partial charge in [0.15, 0.2) is 6.29 Å². The van der Waals surface area contributed by atoms with Crippen LogP contribution >= 0.6 is 22.9 Å². The second kappa shape index (κ2) is 4.89. The zero-order valence-corrected chi connectivity index (χ0v) is 10.9. The summed E-state index contributed by atoms with van der Waals surface area (Å²) in [6.07, 6.45) is 0.671. The number of ether oxygens (including phenoxy) is 1. The van der Waals surface area contributed by atoms with Crippen LogP contribution in [0.25, 0.3) is 10.2 Å². The van der Waals surface area contributed by atoms with Crippen LogP contribution in [0.1, 0.15) is 21.5 Å². The van der Waals surface area contributed by atoms with Crippen molar-refractivity contribution >= 4 is 39.4 Å². The predicted octanol–water partition coefficient (Wildman–Crippen LogP) is 1.82. The van der Waals surface area contributed by atoms with Crippen molar-refractivity contribution in [1.82, 2.24) is 15.3 Å². The lowest BCUT2D eigenvalue weighted by Gasteiger charge is -2.23. The number of morpholine rings is 1. The van der Waals surface area contributed by atoms with Crippen molar-refractivity contribution in [3.63, 3.8) is 0 Å². The number of hydrogen-bond acceptors (Lipinski definition) is 6. The Hall–Kier alpha value is -1.08. The molecule has 3 heterocycles. The standard InChI is InChI=1S/C11H10ClN3O2S/c12-11-14-7-3-6(5-16)18-10(7)9(15-11)8-4-13-1-2-17-8/h3,5,8,13H,1-2,4H2. The van der Waals surface area contributed by atoms with Gasteiger partial charge in [0.1, 0.15) is 6.10 Å². The Morgan fingerprint density at radius 3 is 3.17 bits per heavy atom. The number of hydrogen-bond donors (Lipinski definition) is 1. The van der Waals surface area contributed by atoms with Crippen LogP contribution in [0.15, 0.2) is 6.07 Å². The Labute approximate surface area is 112 Å². The summed E-state index contributed by atoms with van der Waals surface area (Å²) in [6, 6.07) is 1.72. The van der Waals surface area contributed by atoms with Gasteiger partial charge in [0.05, 0.1) is 27.4 Å². The normalized spacial score (nSPS) is 20.2. The molecule has 0 spiro atoms. The zero-order valence-electron chi connectivity index (χ0n) is 9.35. The molecule has 5 nitrogen and oxygen atoms in total. The summed E-state index contributed by atoms with van der Waals surface area (Å²) in [5.41, 5.74) is 1.46. The lowest BCUT2D eigenvalue weighted by atomic mass is 10.2. The molecule has 94 valence electrons. The highest BCUT2D eigenvalue weighted by molar-refractivity contribution is 7.20. The third-order valence-electron chi connectivity index (χ3n) is 2.74. The highest BCUT2D eigenvalue weighted by Crippen LogP contribution is 2.31. The van der Waals surface area contributed by atoms with Crippen LogP contribution in [-0.4, -0.2) is 36.0 Å². The number of aldehydes is 1. The first kappa shape index (κ1) is 12.0. The third-order valence-corrected chi connectivity index (χ3v) is 3.98. The van der Waals surface area contributed by atoms with Crippen molar-refractivity contribution in [3.8, 4) is 0 Å². The van der Waals surface area contributed by atoms with Crippen molar-refractivity contribution in [2.45, 2.75) is 6.10 Å². The number of aromatic nitrogens is 2. The molecule has 18 heavy (non-hydrogen) atoms. The largest absolute Gasteiger partial charge is 0.369 e. The number of rotatable bonds is 2. The van der Waals surface area contributed by atoms with E-state index in [-0.39, 0.29) is 11.4 Å². The molecule has 0 aromatic carbocycles. The Morgan fingerprint density at radius 1 is 1.56 bits per heavy atom. The number of fused-ring (bicyclic) bond motifs is 1. The van der Waals surface area contributed by atoms with E-state index in [2.05, 4.69) is 15.3 Å². The van der Waals surface area contributed by atoms with Crippen LogP contribution in [0.5, 0.6) is 0 Å². The first-order valence-electron chi connectivity index (χ1n) is 5.52. The Balaban J connectivity index is 2.13. The molecule has 7 heteroatoms.